The van der Waals surface area contributed by atoms with Crippen molar-refractivity contribution in [3.63, 3.8) is 0 Å². The number of hydrogen-bond acceptors (Lipinski definition) is 2. The Labute approximate surface area is 104 Å². The molecule has 0 spiro atoms. The van der Waals surface area contributed by atoms with E-state index >= 15 is 0 Å². The Hall–Kier alpha value is -0.860. The smallest absolute Gasteiger partial charge is 0.0235 e. The zero-order valence-electron chi connectivity index (χ0n) is 10.5. The summed E-state index contributed by atoms with van der Waals surface area (Å²) in [6.07, 6.45) is 4.19. The first-order valence-electron chi connectivity index (χ1n) is 6.92. The molecule has 2 aliphatic heterocycles. The van der Waals surface area contributed by atoms with Gasteiger partial charge in [-0.3, -0.25) is 9.80 Å². The molecule has 0 aromatic heterocycles. The van der Waals surface area contributed by atoms with Crippen LogP contribution in [-0.4, -0.2) is 42.0 Å². The highest BCUT2D eigenvalue weighted by Crippen LogP contribution is 2.21. The van der Waals surface area contributed by atoms with Gasteiger partial charge in [0.1, 0.15) is 0 Å². The molecule has 1 aromatic carbocycles. The average Bonchev–Trinajstić information content (AvgIpc) is 3.00. The highest BCUT2D eigenvalue weighted by molar-refractivity contribution is 5.14. The highest BCUT2D eigenvalue weighted by atomic mass is 15.3. The summed E-state index contributed by atoms with van der Waals surface area (Å²) in [5, 5.41) is 0. The van der Waals surface area contributed by atoms with E-state index in [0.717, 1.165) is 12.6 Å². The van der Waals surface area contributed by atoms with Gasteiger partial charge in [-0.25, -0.2) is 0 Å². The minimum absolute atomic E-state index is 0.834. The van der Waals surface area contributed by atoms with Gasteiger partial charge < -0.3 is 0 Å². The summed E-state index contributed by atoms with van der Waals surface area (Å²) in [5.41, 5.74) is 1.45. The van der Waals surface area contributed by atoms with Crippen LogP contribution in [0.15, 0.2) is 30.3 Å². The molecule has 0 amide bonds. The molecule has 2 fully saturated rings. The number of rotatable bonds is 3. The van der Waals surface area contributed by atoms with Crippen molar-refractivity contribution >= 4 is 0 Å². The van der Waals surface area contributed by atoms with E-state index in [4.69, 9.17) is 0 Å². The summed E-state index contributed by atoms with van der Waals surface area (Å²) in [7, 11) is 0. The average molecular weight is 230 g/mol. The maximum absolute atomic E-state index is 2.70. The van der Waals surface area contributed by atoms with Crippen LogP contribution < -0.4 is 0 Å². The van der Waals surface area contributed by atoms with Crippen molar-refractivity contribution in [2.45, 2.75) is 31.8 Å². The molecule has 17 heavy (non-hydrogen) atoms. The van der Waals surface area contributed by atoms with Crippen LogP contribution in [0.2, 0.25) is 0 Å². The van der Waals surface area contributed by atoms with Crippen LogP contribution in [0, 0.1) is 0 Å². The predicted octanol–water partition coefficient (Wildman–Crippen LogP) is 2.36. The monoisotopic (exact) mass is 230 g/mol. The van der Waals surface area contributed by atoms with Crippen molar-refractivity contribution < 1.29 is 0 Å². The first kappa shape index (κ1) is 11.2. The lowest BCUT2D eigenvalue weighted by Gasteiger charge is -2.23. The van der Waals surface area contributed by atoms with Gasteiger partial charge in [0.2, 0.25) is 0 Å². The lowest BCUT2D eigenvalue weighted by Crippen LogP contribution is -2.35. The molecule has 92 valence electrons. The number of benzene rings is 1. The van der Waals surface area contributed by atoms with Crippen LogP contribution in [0.5, 0.6) is 0 Å². The van der Waals surface area contributed by atoms with E-state index in [1.807, 2.05) is 0 Å². The Morgan fingerprint density at radius 3 is 2.53 bits per heavy atom. The van der Waals surface area contributed by atoms with Crippen molar-refractivity contribution in [2.75, 3.05) is 26.2 Å². The molecule has 0 saturated carbocycles. The van der Waals surface area contributed by atoms with E-state index in [2.05, 4.69) is 40.1 Å². The molecule has 2 heterocycles. The van der Waals surface area contributed by atoms with Crippen LogP contribution >= 0.6 is 0 Å². The van der Waals surface area contributed by atoms with Crippen LogP contribution in [0.25, 0.3) is 0 Å². The first-order valence-corrected chi connectivity index (χ1v) is 6.92. The van der Waals surface area contributed by atoms with Gasteiger partial charge in [0.25, 0.3) is 0 Å². The lowest BCUT2D eigenvalue weighted by atomic mass is 10.2. The van der Waals surface area contributed by atoms with Gasteiger partial charge in [0, 0.05) is 25.7 Å². The number of likely N-dealkylation sites (tertiary alicyclic amines) is 2. The fraction of sp³-hybridized carbons (Fsp3) is 0.600. The summed E-state index contributed by atoms with van der Waals surface area (Å²) in [5.74, 6) is 0. The van der Waals surface area contributed by atoms with E-state index in [0.29, 0.717) is 0 Å². The minimum atomic E-state index is 0.834. The topological polar surface area (TPSA) is 6.48 Å². The largest absolute Gasteiger partial charge is 0.299 e. The van der Waals surface area contributed by atoms with Crippen molar-refractivity contribution in [3.05, 3.63) is 35.9 Å². The van der Waals surface area contributed by atoms with Crippen molar-refractivity contribution in [2.24, 2.45) is 0 Å². The van der Waals surface area contributed by atoms with E-state index in [9.17, 15) is 0 Å². The summed E-state index contributed by atoms with van der Waals surface area (Å²) < 4.78 is 0. The summed E-state index contributed by atoms with van der Waals surface area (Å²) in [6, 6.07) is 11.7. The molecule has 0 aliphatic carbocycles. The van der Waals surface area contributed by atoms with Gasteiger partial charge in [0.05, 0.1) is 0 Å². The van der Waals surface area contributed by atoms with E-state index in [1.165, 1.54) is 51.0 Å². The van der Waals surface area contributed by atoms with Gasteiger partial charge >= 0.3 is 0 Å². The Balaban J connectivity index is 1.53. The molecule has 3 rings (SSSR count). The van der Waals surface area contributed by atoms with Crippen LogP contribution in [-0.2, 0) is 6.54 Å². The first-order chi connectivity index (χ1) is 8.42. The standard InChI is InChI=1S/C15H22N2/c1-2-6-14(7-3-1)12-16-11-8-15(13-16)17-9-4-5-10-17/h1-3,6-7,15H,4-5,8-13H2. The Morgan fingerprint density at radius 2 is 1.76 bits per heavy atom. The van der Waals surface area contributed by atoms with E-state index in [-0.39, 0.29) is 0 Å². The fourth-order valence-electron chi connectivity index (χ4n) is 3.20. The second-order valence-corrected chi connectivity index (χ2v) is 5.41. The zero-order chi connectivity index (χ0) is 11.5. The van der Waals surface area contributed by atoms with Gasteiger partial charge in [0.15, 0.2) is 0 Å². The van der Waals surface area contributed by atoms with Gasteiger partial charge in [-0.15, -0.1) is 0 Å². The third kappa shape index (κ3) is 2.70. The molecule has 0 bridgehead atoms. The third-order valence-corrected chi connectivity index (χ3v) is 4.15. The van der Waals surface area contributed by atoms with Gasteiger partial charge in [-0.1, -0.05) is 30.3 Å². The molecule has 1 atom stereocenters. The Kier molecular flexibility index (Phi) is 3.44. The van der Waals surface area contributed by atoms with Crippen LogP contribution in [0.4, 0.5) is 0 Å². The van der Waals surface area contributed by atoms with Crippen molar-refractivity contribution in [1.29, 1.82) is 0 Å². The third-order valence-electron chi connectivity index (χ3n) is 4.15. The molecule has 0 radical (unpaired) electrons. The number of hydrogen-bond donors (Lipinski definition) is 0. The molecule has 2 saturated heterocycles. The van der Waals surface area contributed by atoms with Crippen LogP contribution in [0.3, 0.4) is 0 Å². The summed E-state index contributed by atoms with van der Waals surface area (Å²) in [4.78, 5) is 5.31. The molecule has 2 aliphatic rings. The van der Waals surface area contributed by atoms with E-state index < -0.39 is 0 Å². The SMILES string of the molecule is c1ccc(CN2CCC(N3CCCC3)C2)cc1. The summed E-state index contributed by atoms with van der Waals surface area (Å²) in [6.45, 7) is 6.35. The fourth-order valence-corrected chi connectivity index (χ4v) is 3.20. The predicted molar refractivity (Wildman–Crippen MR) is 70.9 cm³/mol. The molecule has 2 nitrogen and oxygen atoms in total. The molecule has 2 heteroatoms. The van der Waals surface area contributed by atoms with E-state index in [1.54, 1.807) is 0 Å². The molecule has 1 aromatic rings. The minimum Gasteiger partial charge on any atom is -0.299 e. The highest BCUT2D eigenvalue weighted by Gasteiger charge is 2.28. The molecule has 1 unspecified atom stereocenters. The van der Waals surface area contributed by atoms with Crippen LogP contribution in [0.1, 0.15) is 24.8 Å². The molecular weight excluding hydrogens is 208 g/mol. The maximum Gasteiger partial charge on any atom is 0.0235 e. The second-order valence-electron chi connectivity index (χ2n) is 5.41. The molecular formula is C15H22N2. The molecule has 0 N–H and O–H groups in total. The quantitative estimate of drug-likeness (QED) is 0.786. The Bertz CT molecular complexity index is 343. The van der Waals surface area contributed by atoms with Crippen molar-refractivity contribution in [3.8, 4) is 0 Å². The Morgan fingerprint density at radius 1 is 1.00 bits per heavy atom. The summed E-state index contributed by atoms with van der Waals surface area (Å²) >= 11 is 0. The second kappa shape index (κ2) is 5.19. The normalized spacial score (nSPS) is 26.7. The van der Waals surface area contributed by atoms with Gasteiger partial charge in [-0.2, -0.15) is 0 Å². The number of nitrogens with zero attached hydrogens (tertiary/aromatic N) is 2. The zero-order valence-corrected chi connectivity index (χ0v) is 10.5. The lowest BCUT2D eigenvalue weighted by molar-refractivity contribution is 0.230. The van der Waals surface area contributed by atoms with Gasteiger partial charge in [-0.05, 0) is 37.9 Å². The maximum atomic E-state index is 2.70. The van der Waals surface area contributed by atoms with Crippen molar-refractivity contribution in [1.82, 2.24) is 9.80 Å².